The molecule has 5 aromatic rings. The summed E-state index contributed by atoms with van der Waals surface area (Å²) >= 11 is 0. The average molecular weight is 537 g/mol. The van der Waals surface area contributed by atoms with Crippen molar-refractivity contribution in [3.8, 4) is 34.0 Å². The van der Waals surface area contributed by atoms with E-state index < -0.39 is 0 Å². The van der Waals surface area contributed by atoms with Gasteiger partial charge in [0.1, 0.15) is 11.5 Å². The van der Waals surface area contributed by atoms with Gasteiger partial charge in [-0.2, -0.15) is 0 Å². The fourth-order valence-electron chi connectivity index (χ4n) is 4.48. The monoisotopic (exact) mass is 536 g/mol. The maximum absolute atomic E-state index is 13.1. The highest BCUT2D eigenvalue weighted by atomic mass is 16.5. The highest BCUT2D eigenvalue weighted by Crippen LogP contribution is 2.26. The van der Waals surface area contributed by atoms with Gasteiger partial charge in [0, 0.05) is 47.1 Å². The highest BCUT2D eigenvalue weighted by Gasteiger charge is 2.11. The number of hydrogen-bond donors (Lipinski definition) is 2. The SMILES string of the molecule is CCCC(=O)Oc1ccc(-c2cc(=O)c3cc4[nH]c(-c5ccc(OC(=O)CCC)cc5)cc(=O)c4cc3[nH]2)cc1. The van der Waals surface area contributed by atoms with Gasteiger partial charge in [-0.1, -0.05) is 13.8 Å². The Bertz CT molecular complexity index is 1700. The van der Waals surface area contributed by atoms with E-state index in [0.717, 1.165) is 11.1 Å². The van der Waals surface area contributed by atoms with Crippen molar-refractivity contribution in [2.45, 2.75) is 39.5 Å². The summed E-state index contributed by atoms with van der Waals surface area (Å²) in [5, 5.41) is 0.875. The number of pyridine rings is 2. The van der Waals surface area contributed by atoms with E-state index in [0.29, 0.717) is 70.4 Å². The number of ether oxygens (including phenoxy) is 2. The fraction of sp³-hybridized carbons (Fsp3) is 0.188. The molecule has 2 heterocycles. The van der Waals surface area contributed by atoms with E-state index in [9.17, 15) is 19.2 Å². The van der Waals surface area contributed by atoms with Crippen LogP contribution in [0.4, 0.5) is 0 Å². The van der Waals surface area contributed by atoms with Gasteiger partial charge in [-0.15, -0.1) is 0 Å². The third-order valence-corrected chi connectivity index (χ3v) is 6.48. The van der Waals surface area contributed by atoms with Crippen LogP contribution in [0.2, 0.25) is 0 Å². The van der Waals surface area contributed by atoms with Crippen molar-refractivity contribution in [1.29, 1.82) is 0 Å². The molecular weight excluding hydrogens is 508 g/mol. The Labute approximate surface area is 229 Å². The lowest BCUT2D eigenvalue weighted by Gasteiger charge is -2.09. The number of benzene rings is 3. The lowest BCUT2D eigenvalue weighted by atomic mass is 10.1. The summed E-state index contributed by atoms with van der Waals surface area (Å²) in [4.78, 5) is 56.2. The molecule has 0 aliphatic rings. The van der Waals surface area contributed by atoms with E-state index in [1.54, 1.807) is 60.7 Å². The standard InChI is InChI=1S/C32H28N2O6/c1-3-5-31(37)39-21-11-7-19(8-12-21)25-17-29(35)23-16-28-24(15-27(23)33-25)30(36)18-26(34-28)20-9-13-22(14-10-20)40-32(38)6-4-2/h7-18H,3-6H2,1-2H3,(H,33,35)(H,34,36). The summed E-state index contributed by atoms with van der Waals surface area (Å²) < 4.78 is 10.6. The van der Waals surface area contributed by atoms with Crippen molar-refractivity contribution >= 4 is 33.7 Å². The number of carbonyl (C=O) groups is 2. The molecule has 40 heavy (non-hydrogen) atoms. The third-order valence-electron chi connectivity index (χ3n) is 6.48. The highest BCUT2D eigenvalue weighted by molar-refractivity contribution is 5.96. The van der Waals surface area contributed by atoms with Gasteiger partial charge in [0.2, 0.25) is 0 Å². The molecule has 202 valence electrons. The van der Waals surface area contributed by atoms with Gasteiger partial charge in [-0.3, -0.25) is 19.2 Å². The maximum atomic E-state index is 13.1. The van der Waals surface area contributed by atoms with Crippen molar-refractivity contribution in [3.05, 3.63) is 93.2 Å². The Kier molecular flexibility index (Phi) is 7.59. The molecule has 0 radical (unpaired) electrons. The number of aromatic nitrogens is 2. The van der Waals surface area contributed by atoms with Crippen molar-refractivity contribution < 1.29 is 19.1 Å². The lowest BCUT2D eigenvalue weighted by molar-refractivity contribution is -0.135. The van der Waals surface area contributed by atoms with E-state index in [-0.39, 0.29) is 22.8 Å². The van der Waals surface area contributed by atoms with Crippen LogP contribution in [0.5, 0.6) is 11.5 Å². The largest absolute Gasteiger partial charge is 0.427 e. The number of H-pyrrole nitrogens is 2. The number of aromatic amines is 2. The Hall–Kier alpha value is -4.98. The van der Waals surface area contributed by atoms with Gasteiger partial charge in [0.05, 0.1) is 11.0 Å². The van der Waals surface area contributed by atoms with Gasteiger partial charge in [0.25, 0.3) is 0 Å². The lowest BCUT2D eigenvalue weighted by Crippen LogP contribution is -2.08. The van der Waals surface area contributed by atoms with Crippen molar-refractivity contribution in [1.82, 2.24) is 9.97 Å². The second-order valence-corrected chi connectivity index (χ2v) is 9.53. The summed E-state index contributed by atoms with van der Waals surface area (Å²) in [6.45, 7) is 3.82. The first-order valence-corrected chi connectivity index (χ1v) is 13.2. The topological polar surface area (TPSA) is 118 Å². The molecule has 0 unspecified atom stereocenters. The maximum Gasteiger partial charge on any atom is 0.311 e. The Morgan fingerprint density at radius 3 is 1.32 bits per heavy atom. The van der Waals surface area contributed by atoms with Crippen LogP contribution in [0, 0.1) is 0 Å². The average Bonchev–Trinajstić information content (AvgIpc) is 2.93. The molecule has 0 aliphatic heterocycles. The van der Waals surface area contributed by atoms with E-state index in [1.807, 2.05) is 13.8 Å². The van der Waals surface area contributed by atoms with E-state index >= 15 is 0 Å². The number of rotatable bonds is 8. The quantitative estimate of drug-likeness (QED) is 0.140. The minimum Gasteiger partial charge on any atom is -0.427 e. The normalized spacial score (nSPS) is 11.1. The fourth-order valence-corrected chi connectivity index (χ4v) is 4.48. The molecule has 0 spiro atoms. The first kappa shape index (κ1) is 26.6. The molecule has 8 nitrogen and oxygen atoms in total. The van der Waals surface area contributed by atoms with Crippen LogP contribution < -0.4 is 20.3 Å². The minimum atomic E-state index is -0.292. The summed E-state index contributed by atoms with van der Waals surface area (Å²) in [7, 11) is 0. The van der Waals surface area contributed by atoms with Crippen LogP contribution in [-0.2, 0) is 9.59 Å². The zero-order valence-corrected chi connectivity index (χ0v) is 22.2. The first-order chi connectivity index (χ1) is 19.3. The molecule has 8 heteroatoms. The zero-order chi connectivity index (χ0) is 28.2. The summed E-state index contributed by atoms with van der Waals surface area (Å²) in [5.41, 5.74) is 3.30. The molecule has 2 N–H and O–H groups in total. The van der Waals surface area contributed by atoms with Gasteiger partial charge in [-0.05, 0) is 84.6 Å². The number of carbonyl (C=O) groups excluding carboxylic acids is 2. The number of esters is 2. The third kappa shape index (κ3) is 5.71. The van der Waals surface area contributed by atoms with Crippen molar-refractivity contribution in [2.75, 3.05) is 0 Å². The Balaban J connectivity index is 1.46. The van der Waals surface area contributed by atoms with Crippen LogP contribution in [0.15, 0.2) is 82.4 Å². The predicted molar refractivity (Wildman–Crippen MR) is 155 cm³/mol. The summed E-state index contributed by atoms with van der Waals surface area (Å²) in [6.07, 6.45) is 2.10. The smallest absolute Gasteiger partial charge is 0.311 e. The van der Waals surface area contributed by atoms with E-state index in [2.05, 4.69) is 9.97 Å². The summed E-state index contributed by atoms with van der Waals surface area (Å²) in [5.74, 6) is 0.288. The molecule has 5 rings (SSSR count). The molecule has 0 bridgehead atoms. The molecule has 3 aromatic carbocycles. The Morgan fingerprint density at radius 2 is 0.975 bits per heavy atom. The van der Waals surface area contributed by atoms with Crippen LogP contribution in [-0.4, -0.2) is 21.9 Å². The molecule has 0 saturated heterocycles. The molecule has 0 amide bonds. The van der Waals surface area contributed by atoms with Crippen LogP contribution in [0.3, 0.4) is 0 Å². The van der Waals surface area contributed by atoms with E-state index in [1.165, 1.54) is 12.1 Å². The molecule has 0 fully saturated rings. The zero-order valence-electron chi connectivity index (χ0n) is 22.2. The van der Waals surface area contributed by atoms with Gasteiger partial charge in [0.15, 0.2) is 10.9 Å². The second kappa shape index (κ2) is 11.4. The molecule has 2 aromatic heterocycles. The minimum absolute atomic E-state index is 0.200. The van der Waals surface area contributed by atoms with Gasteiger partial charge < -0.3 is 19.4 Å². The van der Waals surface area contributed by atoms with Crippen LogP contribution in [0.25, 0.3) is 44.3 Å². The van der Waals surface area contributed by atoms with E-state index in [4.69, 9.17) is 9.47 Å². The van der Waals surface area contributed by atoms with Crippen molar-refractivity contribution in [3.63, 3.8) is 0 Å². The number of fused-ring (bicyclic) bond motifs is 2. The molecule has 0 aliphatic carbocycles. The molecule has 0 atom stereocenters. The van der Waals surface area contributed by atoms with Gasteiger partial charge in [-0.25, -0.2) is 0 Å². The number of nitrogens with one attached hydrogen (secondary N) is 2. The predicted octanol–water partition coefficient (Wildman–Crippen LogP) is 6.11. The summed E-state index contributed by atoms with van der Waals surface area (Å²) in [6, 6.07) is 20.1. The second-order valence-electron chi connectivity index (χ2n) is 9.53. The first-order valence-electron chi connectivity index (χ1n) is 13.2. The molecular formula is C32H28N2O6. The van der Waals surface area contributed by atoms with Crippen LogP contribution in [0.1, 0.15) is 39.5 Å². The van der Waals surface area contributed by atoms with Crippen molar-refractivity contribution in [2.24, 2.45) is 0 Å². The number of hydrogen-bond acceptors (Lipinski definition) is 6. The van der Waals surface area contributed by atoms with Crippen LogP contribution >= 0.6 is 0 Å². The van der Waals surface area contributed by atoms with Gasteiger partial charge >= 0.3 is 11.9 Å². The Morgan fingerprint density at radius 1 is 0.600 bits per heavy atom. The molecule has 0 saturated carbocycles.